The predicted octanol–water partition coefficient (Wildman–Crippen LogP) is 4.48. The van der Waals surface area contributed by atoms with Gasteiger partial charge in [0.15, 0.2) is 0 Å². The van der Waals surface area contributed by atoms with Crippen molar-refractivity contribution in [3.05, 3.63) is 70.2 Å². The van der Waals surface area contributed by atoms with Crippen molar-refractivity contribution in [2.75, 3.05) is 31.6 Å². The molecule has 0 atom stereocenters. The molecule has 7 heteroatoms. The summed E-state index contributed by atoms with van der Waals surface area (Å²) in [5.74, 6) is -0.107. The van der Waals surface area contributed by atoms with Crippen LogP contribution < -0.4 is 5.32 Å². The van der Waals surface area contributed by atoms with E-state index in [1.165, 1.54) is 5.56 Å². The highest BCUT2D eigenvalue weighted by Gasteiger charge is 2.12. The zero-order valence-corrected chi connectivity index (χ0v) is 17.5. The molecule has 0 spiro atoms. The Labute approximate surface area is 179 Å². The number of morpholine rings is 1. The van der Waals surface area contributed by atoms with Crippen LogP contribution in [0.15, 0.2) is 53.9 Å². The van der Waals surface area contributed by atoms with Crippen molar-refractivity contribution in [3.8, 4) is 10.6 Å². The van der Waals surface area contributed by atoms with Crippen molar-refractivity contribution in [1.29, 1.82) is 0 Å². The Kier molecular flexibility index (Phi) is 6.56. The van der Waals surface area contributed by atoms with Gasteiger partial charge in [-0.3, -0.25) is 9.69 Å². The van der Waals surface area contributed by atoms with Crippen LogP contribution in [0.2, 0.25) is 5.02 Å². The van der Waals surface area contributed by atoms with Crippen LogP contribution in [0.1, 0.15) is 11.3 Å². The highest BCUT2D eigenvalue weighted by Crippen LogP contribution is 2.25. The van der Waals surface area contributed by atoms with E-state index in [1.807, 2.05) is 17.5 Å². The Hall–Kier alpha value is -2.25. The summed E-state index contributed by atoms with van der Waals surface area (Å²) in [6, 6.07) is 15.6. The van der Waals surface area contributed by atoms with Crippen molar-refractivity contribution in [1.82, 2.24) is 9.88 Å². The zero-order chi connectivity index (χ0) is 20.1. The number of thiazole rings is 1. The minimum absolute atomic E-state index is 0.107. The summed E-state index contributed by atoms with van der Waals surface area (Å²) in [6.45, 7) is 4.52. The van der Waals surface area contributed by atoms with Crippen molar-refractivity contribution in [2.24, 2.45) is 0 Å². The van der Waals surface area contributed by atoms with Gasteiger partial charge < -0.3 is 10.1 Å². The number of carbonyl (C=O) groups is 1. The van der Waals surface area contributed by atoms with Gasteiger partial charge in [0, 0.05) is 41.3 Å². The van der Waals surface area contributed by atoms with E-state index in [2.05, 4.69) is 39.5 Å². The Bertz CT molecular complexity index is 968. The first-order chi connectivity index (χ1) is 14.2. The van der Waals surface area contributed by atoms with E-state index < -0.39 is 0 Å². The van der Waals surface area contributed by atoms with Crippen molar-refractivity contribution < 1.29 is 9.53 Å². The molecule has 5 nitrogen and oxygen atoms in total. The molecule has 2 heterocycles. The van der Waals surface area contributed by atoms with Gasteiger partial charge in [-0.2, -0.15) is 0 Å². The number of rotatable bonds is 6. The number of hydrogen-bond acceptors (Lipinski definition) is 5. The zero-order valence-electron chi connectivity index (χ0n) is 15.9. The molecule has 1 aliphatic heterocycles. The summed E-state index contributed by atoms with van der Waals surface area (Å²) in [5, 5.41) is 6.31. The summed E-state index contributed by atoms with van der Waals surface area (Å²) < 4.78 is 5.40. The fraction of sp³-hybridized carbons (Fsp3) is 0.273. The van der Waals surface area contributed by atoms with Crippen LogP contribution in [0.4, 0.5) is 5.69 Å². The van der Waals surface area contributed by atoms with E-state index in [-0.39, 0.29) is 12.3 Å². The SMILES string of the molecule is O=C(Cc1csc(-c2ccc(CN3CCOCC3)cc2)n1)Nc1cccc(Cl)c1. The average Bonchev–Trinajstić information content (AvgIpc) is 3.17. The van der Waals surface area contributed by atoms with Crippen LogP contribution >= 0.6 is 22.9 Å². The first-order valence-corrected chi connectivity index (χ1v) is 10.8. The fourth-order valence-corrected chi connectivity index (χ4v) is 4.24. The van der Waals surface area contributed by atoms with E-state index in [9.17, 15) is 4.79 Å². The maximum absolute atomic E-state index is 12.3. The fourth-order valence-electron chi connectivity index (χ4n) is 3.23. The number of nitrogens with zero attached hydrogens (tertiary/aromatic N) is 2. The van der Waals surface area contributed by atoms with Crippen LogP contribution in [0, 0.1) is 0 Å². The molecule has 0 unspecified atom stereocenters. The van der Waals surface area contributed by atoms with Crippen molar-refractivity contribution in [3.63, 3.8) is 0 Å². The normalized spacial score (nSPS) is 14.7. The smallest absolute Gasteiger partial charge is 0.230 e. The van der Waals surface area contributed by atoms with E-state index in [0.717, 1.165) is 49.1 Å². The molecule has 3 aromatic rings. The molecule has 150 valence electrons. The second kappa shape index (κ2) is 9.50. The lowest BCUT2D eigenvalue weighted by atomic mass is 10.1. The minimum Gasteiger partial charge on any atom is -0.379 e. The highest BCUT2D eigenvalue weighted by atomic mass is 35.5. The monoisotopic (exact) mass is 427 g/mol. The third kappa shape index (κ3) is 5.64. The van der Waals surface area contributed by atoms with Gasteiger partial charge in [0.05, 0.1) is 25.3 Å². The Morgan fingerprint density at radius 3 is 2.72 bits per heavy atom. The molecule has 0 radical (unpaired) electrons. The Morgan fingerprint density at radius 2 is 1.97 bits per heavy atom. The molecule has 2 aromatic carbocycles. The molecule has 0 aliphatic carbocycles. The molecule has 1 amide bonds. The van der Waals surface area contributed by atoms with Gasteiger partial charge in [-0.05, 0) is 23.8 Å². The molecule has 29 heavy (non-hydrogen) atoms. The van der Waals surface area contributed by atoms with Gasteiger partial charge in [-0.15, -0.1) is 11.3 Å². The number of carbonyl (C=O) groups excluding carboxylic acids is 1. The number of ether oxygens (including phenoxy) is 1. The predicted molar refractivity (Wildman–Crippen MR) is 117 cm³/mol. The van der Waals surface area contributed by atoms with Crippen LogP contribution in [0.5, 0.6) is 0 Å². The second-order valence-corrected chi connectivity index (χ2v) is 8.26. The van der Waals surface area contributed by atoms with Crippen molar-refractivity contribution >= 4 is 34.5 Å². The van der Waals surface area contributed by atoms with Gasteiger partial charge in [0.25, 0.3) is 0 Å². The number of benzene rings is 2. The maximum atomic E-state index is 12.3. The van der Waals surface area contributed by atoms with Crippen LogP contribution in [0.3, 0.4) is 0 Å². The second-order valence-electron chi connectivity index (χ2n) is 6.96. The molecule has 0 saturated carbocycles. The molecule has 4 rings (SSSR count). The average molecular weight is 428 g/mol. The lowest BCUT2D eigenvalue weighted by Gasteiger charge is -2.26. The summed E-state index contributed by atoms with van der Waals surface area (Å²) in [6.07, 6.45) is 0.234. The quantitative estimate of drug-likeness (QED) is 0.630. The molecule has 1 fully saturated rings. The van der Waals surface area contributed by atoms with E-state index in [4.69, 9.17) is 16.3 Å². The molecule has 1 N–H and O–H groups in total. The van der Waals surface area contributed by atoms with Gasteiger partial charge in [-0.1, -0.05) is 41.9 Å². The number of halogens is 1. The van der Waals surface area contributed by atoms with E-state index in [1.54, 1.807) is 23.5 Å². The van der Waals surface area contributed by atoms with E-state index in [0.29, 0.717) is 10.7 Å². The standard InChI is InChI=1S/C22H22ClN3O2S/c23-18-2-1-3-19(12-18)24-21(27)13-20-15-29-22(25-20)17-6-4-16(5-7-17)14-26-8-10-28-11-9-26/h1-7,12,15H,8-11,13-14H2,(H,24,27). The summed E-state index contributed by atoms with van der Waals surface area (Å²) >= 11 is 7.51. The third-order valence-electron chi connectivity index (χ3n) is 4.71. The first-order valence-electron chi connectivity index (χ1n) is 9.55. The first kappa shape index (κ1) is 20.0. The van der Waals surface area contributed by atoms with E-state index >= 15 is 0 Å². The number of amides is 1. The lowest BCUT2D eigenvalue weighted by Crippen LogP contribution is -2.35. The Balaban J connectivity index is 1.35. The highest BCUT2D eigenvalue weighted by molar-refractivity contribution is 7.13. The summed E-state index contributed by atoms with van der Waals surface area (Å²) in [4.78, 5) is 19.3. The van der Waals surface area contributed by atoms with Gasteiger partial charge in [0.2, 0.25) is 5.91 Å². The van der Waals surface area contributed by atoms with Crippen molar-refractivity contribution in [2.45, 2.75) is 13.0 Å². The number of aromatic nitrogens is 1. The number of nitrogens with one attached hydrogen (secondary N) is 1. The maximum Gasteiger partial charge on any atom is 0.230 e. The Morgan fingerprint density at radius 1 is 1.17 bits per heavy atom. The van der Waals surface area contributed by atoms with Crippen LogP contribution in [-0.2, 0) is 22.5 Å². The lowest BCUT2D eigenvalue weighted by molar-refractivity contribution is -0.115. The minimum atomic E-state index is -0.107. The number of hydrogen-bond donors (Lipinski definition) is 1. The molecular formula is C22H22ClN3O2S. The topological polar surface area (TPSA) is 54.5 Å². The van der Waals surface area contributed by atoms with Gasteiger partial charge in [-0.25, -0.2) is 4.98 Å². The molecule has 1 aromatic heterocycles. The summed E-state index contributed by atoms with van der Waals surface area (Å²) in [7, 11) is 0. The molecular weight excluding hydrogens is 406 g/mol. The summed E-state index contributed by atoms with van der Waals surface area (Å²) in [5.41, 5.74) is 3.81. The number of anilines is 1. The molecule has 0 bridgehead atoms. The molecule has 1 aliphatic rings. The largest absolute Gasteiger partial charge is 0.379 e. The van der Waals surface area contributed by atoms with Crippen LogP contribution in [0.25, 0.3) is 10.6 Å². The molecule has 1 saturated heterocycles. The van der Waals surface area contributed by atoms with Gasteiger partial charge >= 0.3 is 0 Å². The third-order valence-corrected chi connectivity index (χ3v) is 5.89. The van der Waals surface area contributed by atoms with Crippen LogP contribution in [-0.4, -0.2) is 42.1 Å². The van der Waals surface area contributed by atoms with Gasteiger partial charge in [0.1, 0.15) is 5.01 Å².